The third-order valence-electron chi connectivity index (χ3n) is 3.87. The van der Waals surface area contributed by atoms with E-state index in [1.165, 1.54) is 18.9 Å². The molecule has 0 aromatic heterocycles. The van der Waals surface area contributed by atoms with Crippen LogP contribution in [0.25, 0.3) is 0 Å². The molecule has 1 fully saturated rings. The third-order valence-corrected chi connectivity index (χ3v) is 3.87. The standard InChI is InChI=1S/C15H23N3O3/c1-3-6-21-14-8-12(7-13(9-14)18(19)20)17(2)15(10-16)11-4-5-11/h7-9,11,15H,3-6,10,16H2,1-2H3. The number of nitro groups is 1. The molecule has 21 heavy (non-hydrogen) atoms. The molecule has 6 heteroatoms. The monoisotopic (exact) mass is 293 g/mol. The minimum atomic E-state index is -0.384. The van der Waals surface area contributed by atoms with E-state index in [4.69, 9.17) is 10.5 Å². The van der Waals surface area contributed by atoms with Crippen molar-refractivity contribution in [1.82, 2.24) is 0 Å². The van der Waals surface area contributed by atoms with Crippen molar-refractivity contribution in [1.29, 1.82) is 0 Å². The second-order valence-electron chi connectivity index (χ2n) is 5.54. The molecule has 1 aromatic carbocycles. The van der Waals surface area contributed by atoms with Crippen LogP contribution < -0.4 is 15.4 Å². The summed E-state index contributed by atoms with van der Waals surface area (Å²) in [5.74, 6) is 1.14. The van der Waals surface area contributed by atoms with E-state index in [1.54, 1.807) is 6.07 Å². The van der Waals surface area contributed by atoms with Gasteiger partial charge in [-0.2, -0.15) is 0 Å². The Labute approximate surface area is 125 Å². The molecule has 1 atom stereocenters. The van der Waals surface area contributed by atoms with Crippen molar-refractivity contribution < 1.29 is 9.66 Å². The summed E-state index contributed by atoms with van der Waals surface area (Å²) in [6.07, 6.45) is 3.22. The summed E-state index contributed by atoms with van der Waals surface area (Å²) in [4.78, 5) is 12.8. The predicted octanol–water partition coefficient (Wildman–Crippen LogP) is 2.56. The number of likely N-dealkylation sites (N-methyl/N-ethyl adjacent to an activating group) is 1. The molecule has 1 aromatic rings. The van der Waals surface area contributed by atoms with Crippen LogP contribution in [0.4, 0.5) is 11.4 Å². The lowest BCUT2D eigenvalue weighted by molar-refractivity contribution is -0.384. The van der Waals surface area contributed by atoms with E-state index in [9.17, 15) is 10.1 Å². The summed E-state index contributed by atoms with van der Waals surface area (Å²) >= 11 is 0. The Morgan fingerprint density at radius 1 is 1.48 bits per heavy atom. The fourth-order valence-corrected chi connectivity index (χ4v) is 2.52. The van der Waals surface area contributed by atoms with Crippen molar-refractivity contribution >= 4 is 11.4 Å². The van der Waals surface area contributed by atoms with Crippen molar-refractivity contribution in [2.75, 3.05) is 25.1 Å². The molecule has 0 bridgehead atoms. The zero-order valence-electron chi connectivity index (χ0n) is 12.6. The van der Waals surface area contributed by atoms with Crippen LogP contribution in [-0.4, -0.2) is 31.2 Å². The second kappa shape index (κ2) is 6.76. The summed E-state index contributed by atoms with van der Waals surface area (Å²) in [5.41, 5.74) is 6.70. The molecule has 1 unspecified atom stereocenters. The number of hydrogen-bond acceptors (Lipinski definition) is 5. The summed E-state index contributed by atoms with van der Waals surface area (Å²) in [6.45, 7) is 3.10. The van der Waals surface area contributed by atoms with Gasteiger partial charge in [0.05, 0.1) is 17.6 Å². The highest BCUT2D eigenvalue weighted by molar-refractivity contribution is 5.58. The normalized spacial score (nSPS) is 15.6. The van der Waals surface area contributed by atoms with Crippen LogP contribution in [0.3, 0.4) is 0 Å². The third kappa shape index (κ3) is 3.85. The topological polar surface area (TPSA) is 81.6 Å². The van der Waals surface area contributed by atoms with E-state index in [0.717, 1.165) is 12.1 Å². The maximum absolute atomic E-state index is 11.1. The van der Waals surface area contributed by atoms with E-state index in [2.05, 4.69) is 0 Å². The molecule has 1 aliphatic rings. The van der Waals surface area contributed by atoms with Gasteiger partial charge in [-0.15, -0.1) is 0 Å². The minimum absolute atomic E-state index is 0.0528. The molecule has 0 aliphatic heterocycles. The van der Waals surface area contributed by atoms with E-state index in [0.29, 0.717) is 24.8 Å². The van der Waals surface area contributed by atoms with Crippen molar-refractivity contribution in [3.8, 4) is 5.75 Å². The van der Waals surface area contributed by atoms with Crippen LogP contribution in [0.1, 0.15) is 26.2 Å². The van der Waals surface area contributed by atoms with E-state index in [1.807, 2.05) is 24.9 Å². The lowest BCUT2D eigenvalue weighted by Gasteiger charge is -2.29. The molecule has 2 rings (SSSR count). The molecule has 0 heterocycles. The molecule has 0 radical (unpaired) electrons. The maximum atomic E-state index is 11.1. The Morgan fingerprint density at radius 2 is 2.19 bits per heavy atom. The highest BCUT2D eigenvalue weighted by atomic mass is 16.6. The van der Waals surface area contributed by atoms with Gasteiger partial charge in [0.25, 0.3) is 5.69 Å². The molecule has 116 valence electrons. The fraction of sp³-hybridized carbons (Fsp3) is 0.600. The van der Waals surface area contributed by atoms with Crippen LogP contribution in [0.2, 0.25) is 0 Å². The number of nitrogens with zero attached hydrogens (tertiary/aromatic N) is 2. The van der Waals surface area contributed by atoms with Gasteiger partial charge in [0.1, 0.15) is 5.75 Å². The van der Waals surface area contributed by atoms with Gasteiger partial charge in [0.15, 0.2) is 0 Å². The van der Waals surface area contributed by atoms with Crippen molar-refractivity contribution in [2.45, 2.75) is 32.2 Å². The number of hydrogen-bond donors (Lipinski definition) is 1. The number of benzene rings is 1. The molecule has 1 saturated carbocycles. The van der Waals surface area contributed by atoms with Crippen LogP contribution in [0.15, 0.2) is 18.2 Å². The molecular weight excluding hydrogens is 270 g/mol. The number of anilines is 1. The van der Waals surface area contributed by atoms with E-state index >= 15 is 0 Å². The second-order valence-corrected chi connectivity index (χ2v) is 5.54. The van der Waals surface area contributed by atoms with E-state index < -0.39 is 0 Å². The first-order valence-electron chi connectivity index (χ1n) is 7.42. The molecule has 0 amide bonds. The zero-order chi connectivity index (χ0) is 15.4. The quantitative estimate of drug-likeness (QED) is 0.588. The SMILES string of the molecule is CCCOc1cc(N(C)C(CN)C2CC2)cc([N+](=O)[O-])c1. The van der Waals surface area contributed by atoms with E-state index in [-0.39, 0.29) is 16.7 Å². The number of nitrogens with two attached hydrogens (primary N) is 1. The van der Waals surface area contributed by atoms with Gasteiger partial charge >= 0.3 is 0 Å². The van der Waals surface area contributed by atoms with Crippen LogP contribution in [-0.2, 0) is 0 Å². The number of nitro benzene ring substituents is 1. The molecule has 6 nitrogen and oxygen atoms in total. The average Bonchev–Trinajstić information content (AvgIpc) is 3.30. The maximum Gasteiger partial charge on any atom is 0.275 e. The number of rotatable bonds is 8. The first kappa shape index (κ1) is 15.6. The van der Waals surface area contributed by atoms with Gasteiger partial charge in [-0.25, -0.2) is 0 Å². The fourth-order valence-electron chi connectivity index (χ4n) is 2.52. The summed E-state index contributed by atoms with van der Waals surface area (Å²) in [7, 11) is 1.94. The van der Waals surface area contributed by atoms with Crippen LogP contribution in [0.5, 0.6) is 5.75 Å². The summed E-state index contributed by atoms with van der Waals surface area (Å²) in [6, 6.07) is 5.14. The molecular formula is C15H23N3O3. The molecule has 0 saturated heterocycles. The van der Waals surface area contributed by atoms with Gasteiger partial charge in [-0.05, 0) is 25.2 Å². The Bertz CT molecular complexity index is 503. The first-order chi connectivity index (χ1) is 10.1. The summed E-state index contributed by atoms with van der Waals surface area (Å²) in [5, 5.41) is 11.1. The van der Waals surface area contributed by atoms with Gasteiger partial charge in [0.2, 0.25) is 0 Å². The van der Waals surface area contributed by atoms with Gasteiger partial charge in [-0.1, -0.05) is 6.92 Å². The van der Waals surface area contributed by atoms with Crippen molar-refractivity contribution in [2.24, 2.45) is 11.7 Å². The van der Waals surface area contributed by atoms with Crippen LogP contribution in [0, 0.1) is 16.0 Å². The van der Waals surface area contributed by atoms with Gasteiger partial charge < -0.3 is 15.4 Å². The lowest BCUT2D eigenvalue weighted by Crippen LogP contribution is -2.39. The summed E-state index contributed by atoms with van der Waals surface area (Å²) < 4.78 is 5.56. The Morgan fingerprint density at radius 3 is 2.71 bits per heavy atom. The lowest BCUT2D eigenvalue weighted by atomic mass is 10.1. The first-order valence-corrected chi connectivity index (χ1v) is 7.42. The smallest absolute Gasteiger partial charge is 0.275 e. The highest BCUT2D eigenvalue weighted by Crippen LogP contribution is 2.37. The zero-order valence-corrected chi connectivity index (χ0v) is 12.6. The van der Waals surface area contributed by atoms with Crippen molar-refractivity contribution in [3.05, 3.63) is 28.3 Å². The Balaban J connectivity index is 2.27. The largest absolute Gasteiger partial charge is 0.493 e. The number of non-ortho nitro benzene ring substituents is 1. The number of ether oxygens (including phenoxy) is 1. The predicted molar refractivity (Wildman–Crippen MR) is 82.9 cm³/mol. The Kier molecular flexibility index (Phi) is 5.01. The van der Waals surface area contributed by atoms with Crippen LogP contribution >= 0.6 is 0 Å². The minimum Gasteiger partial charge on any atom is -0.493 e. The molecule has 1 aliphatic carbocycles. The van der Waals surface area contributed by atoms with Crippen molar-refractivity contribution in [3.63, 3.8) is 0 Å². The Hall–Kier alpha value is -1.82. The molecule has 0 spiro atoms. The van der Waals surface area contributed by atoms with Gasteiger partial charge in [0, 0.05) is 37.5 Å². The van der Waals surface area contributed by atoms with Gasteiger partial charge in [-0.3, -0.25) is 10.1 Å². The molecule has 2 N–H and O–H groups in total. The highest BCUT2D eigenvalue weighted by Gasteiger charge is 2.33. The average molecular weight is 293 g/mol.